The Morgan fingerprint density at radius 2 is 0.605 bits per heavy atom. The summed E-state index contributed by atoms with van der Waals surface area (Å²) in [6.45, 7) is 0. The standard InChI is InChI=1S/2C51H30N4OS/c1-3-14-31(15-4-1)35-21-13-24-44-47(35)40-29-34(55-42-22-10-7-18-36(42)37-19-8-11-23-43(37)55)30-41(48(40)56-44)51-53-49(32-16-5-2-6-17-32)52-50(54-51)33-26-27-46-39(28-33)38-20-9-12-25-45(38)57-46;1-3-14-31(15-4-1)35-21-13-24-44-47(35)40-29-34(55-42-22-10-7-18-36(42)37-19-8-11-23-43(37)55)30-41(48(40)56-44)51-53-49(32-16-5-2-6-17-32)52-50(54-51)33-26-27-39-38-20-9-12-25-45(38)57-46(39)28-33/h2*1-30H/i;1D,3D,4D,14D,15D. The summed E-state index contributed by atoms with van der Waals surface area (Å²) in [6, 6.07) is 113. The second-order valence-electron chi connectivity index (χ2n) is 28.4. The van der Waals surface area contributed by atoms with E-state index in [-0.39, 0.29) is 17.6 Å². The van der Waals surface area contributed by atoms with Gasteiger partial charge in [-0.25, -0.2) is 29.9 Å². The Kier molecular flexibility index (Phi) is 13.9. The first-order valence-corrected chi connectivity index (χ1v) is 39.3. The SMILES string of the molecule is [2H]c1c([2H])c([2H])c(-c2cccc3oc4c(-c5nc(-c6ccccc6)nc(-c6ccc7c(c6)sc6ccccc67)n5)cc(-n5c6ccccc6c6ccccc65)cc4c23)c([2H])c1[2H].c1ccc(-c2nc(-c3ccc4sc5ccccc5c4c3)nc(-c3cc(-n4c5ccccc5c5ccccc54)cc4c3oc3cccc(-c5ccccc5)c34)n2)cc1. The number of aromatic nitrogens is 8. The summed E-state index contributed by atoms with van der Waals surface area (Å²) in [5.74, 6) is 3.13. The van der Waals surface area contributed by atoms with Crippen LogP contribution in [0.5, 0.6) is 0 Å². The highest BCUT2D eigenvalue weighted by Crippen LogP contribution is 2.48. The topological polar surface area (TPSA) is 113 Å². The van der Waals surface area contributed by atoms with Crippen LogP contribution in [0.25, 0.3) is 230 Å². The third-order valence-corrected chi connectivity index (χ3v) is 24.1. The second kappa shape index (κ2) is 26.5. The van der Waals surface area contributed by atoms with E-state index < -0.39 is 18.1 Å². The molecule has 0 amide bonds. The molecule has 0 aliphatic carbocycles. The lowest BCUT2D eigenvalue weighted by Crippen LogP contribution is -2.01. The fraction of sp³-hybridized carbons (Fsp3) is 0. The molecule has 0 N–H and O–H groups in total. The van der Waals surface area contributed by atoms with Crippen LogP contribution in [0.4, 0.5) is 0 Å². The fourth-order valence-corrected chi connectivity index (χ4v) is 18.9. The van der Waals surface area contributed by atoms with Gasteiger partial charge in [-0.05, 0) is 119 Å². The first-order chi connectivity index (χ1) is 58.6. The third kappa shape index (κ3) is 10.8. The van der Waals surface area contributed by atoms with E-state index in [1.807, 2.05) is 78.9 Å². The molecule has 0 spiro atoms. The molecule has 0 aliphatic rings. The lowest BCUT2D eigenvalue weighted by atomic mass is 9.98. The third-order valence-electron chi connectivity index (χ3n) is 21.8. The molecule has 0 atom stereocenters. The van der Waals surface area contributed by atoms with Gasteiger partial charge in [0.25, 0.3) is 0 Å². The maximum atomic E-state index is 8.98. The zero-order valence-corrected chi connectivity index (χ0v) is 62.1. The van der Waals surface area contributed by atoms with Crippen molar-refractivity contribution >= 4 is 151 Å². The van der Waals surface area contributed by atoms with Crippen molar-refractivity contribution in [2.24, 2.45) is 0 Å². The van der Waals surface area contributed by atoms with Gasteiger partial charge < -0.3 is 18.0 Å². The van der Waals surface area contributed by atoms with E-state index in [1.165, 1.54) is 46.4 Å². The van der Waals surface area contributed by atoms with Crippen LogP contribution in [-0.4, -0.2) is 39.0 Å². The Balaban J connectivity index is 0.000000140. The number of rotatable bonds is 10. The van der Waals surface area contributed by atoms with Crippen molar-refractivity contribution in [3.63, 3.8) is 0 Å². The highest BCUT2D eigenvalue weighted by molar-refractivity contribution is 7.26. The summed E-state index contributed by atoms with van der Waals surface area (Å²) in [7, 11) is 0. The number of benzene rings is 16. The highest BCUT2D eigenvalue weighted by atomic mass is 32.1. The summed E-state index contributed by atoms with van der Waals surface area (Å²) >= 11 is 3.53. The Labute approximate surface area is 666 Å². The van der Waals surface area contributed by atoms with Gasteiger partial charge in [-0.2, -0.15) is 0 Å². The molecule has 0 radical (unpaired) electrons. The predicted octanol–water partition coefficient (Wildman–Crippen LogP) is 27.8. The van der Waals surface area contributed by atoms with E-state index in [4.69, 9.17) is 45.6 Å². The van der Waals surface area contributed by atoms with Crippen molar-refractivity contribution in [2.75, 3.05) is 0 Å². The fourth-order valence-electron chi connectivity index (χ4n) is 16.7. The molecule has 16 aromatic carbocycles. The molecular formula is C102H60N8O2S2. The van der Waals surface area contributed by atoms with Gasteiger partial charge in [-0.3, -0.25) is 0 Å². The maximum Gasteiger partial charge on any atom is 0.167 e. The van der Waals surface area contributed by atoms with Crippen molar-refractivity contribution in [3.8, 4) is 102 Å². The number of para-hydroxylation sites is 4. The van der Waals surface area contributed by atoms with Gasteiger partial charge in [0.2, 0.25) is 0 Å². The average Bonchev–Trinajstić information content (AvgIpc) is 1.58. The zero-order chi connectivity index (χ0) is 79.3. The molecule has 8 heterocycles. The number of thiophene rings is 2. The Hall–Kier alpha value is -14.8. The molecule has 10 nitrogen and oxygen atoms in total. The quantitative estimate of drug-likeness (QED) is 0.133. The molecule has 114 heavy (non-hydrogen) atoms. The van der Waals surface area contributed by atoms with E-state index in [9.17, 15) is 0 Å². The number of furan rings is 2. The van der Waals surface area contributed by atoms with Crippen LogP contribution in [0.2, 0.25) is 0 Å². The molecule has 0 saturated heterocycles. The Bertz CT molecular complexity index is 8210. The van der Waals surface area contributed by atoms with Gasteiger partial charge in [0.05, 0.1) is 40.0 Å². The number of fused-ring (bicyclic) bond motifs is 18. The van der Waals surface area contributed by atoms with Crippen LogP contribution in [0.3, 0.4) is 0 Å². The molecule has 24 rings (SSSR count). The molecule has 0 aliphatic heterocycles. The minimum Gasteiger partial charge on any atom is -0.455 e. The van der Waals surface area contributed by atoms with Crippen LogP contribution in [0.1, 0.15) is 6.85 Å². The summed E-state index contributed by atoms with van der Waals surface area (Å²) < 4.78 is 66.5. The first kappa shape index (κ1) is 60.0. The Morgan fingerprint density at radius 3 is 1.10 bits per heavy atom. The Morgan fingerprint density at radius 1 is 0.237 bits per heavy atom. The number of hydrogen-bond acceptors (Lipinski definition) is 10. The molecular weight excluding hydrogens is 1430 g/mol. The van der Waals surface area contributed by atoms with E-state index in [2.05, 4.69) is 252 Å². The molecule has 24 aromatic rings. The summed E-state index contributed by atoms with van der Waals surface area (Å²) in [4.78, 5) is 31.3. The minimum absolute atomic E-state index is 0.0959. The number of hydrogen-bond donors (Lipinski definition) is 0. The molecule has 0 bridgehead atoms. The molecule has 12 heteroatoms. The van der Waals surface area contributed by atoms with Crippen LogP contribution in [-0.2, 0) is 0 Å². The van der Waals surface area contributed by atoms with Gasteiger partial charge in [-0.1, -0.05) is 267 Å². The van der Waals surface area contributed by atoms with Crippen LogP contribution in [0.15, 0.2) is 373 Å². The molecule has 0 saturated carbocycles. The zero-order valence-electron chi connectivity index (χ0n) is 65.5. The van der Waals surface area contributed by atoms with E-state index in [0.29, 0.717) is 68.0 Å². The summed E-state index contributed by atoms with van der Waals surface area (Å²) in [6.07, 6.45) is 0. The van der Waals surface area contributed by atoms with Crippen LogP contribution in [0, 0.1) is 0 Å². The van der Waals surface area contributed by atoms with Gasteiger partial charge in [0.15, 0.2) is 34.9 Å². The first-order valence-electron chi connectivity index (χ1n) is 40.1. The van der Waals surface area contributed by atoms with Crippen molar-refractivity contribution in [2.45, 2.75) is 0 Å². The van der Waals surface area contributed by atoms with Gasteiger partial charge in [0.1, 0.15) is 22.3 Å². The van der Waals surface area contributed by atoms with E-state index >= 15 is 0 Å². The minimum atomic E-state index is -0.449. The lowest BCUT2D eigenvalue weighted by molar-refractivity contribution is 0.669. The van der Waals surface area contributed by atoms with Crippen molar-refractivity contribution in [1.82, 2.24) is 39.0 Å². The monoisotopic (exact) mass is 1500 g/mol. The average molecular weight is 1500 g/mol. The molecule has 532 valence electrons. The maximum absolute atomic E-state index is 8.98. The lowest BCUT2D eigenvalue weighted by Gasteiger charge is -2.13. The van der Waals surface area contributed by atoms with Crippen LogP contribution < -0.4 is 0 Å². The summed E-state index contributed by atoms with van der Waals surface area (Å²) in [5, 5.41) is 12.7. The van der Waals surface area contributed by atoms with Crippen LogP contribution >= 0.6 is 22.7 Å². The highest BCUT2D eigenvalue weighted by Gasteiger charge is 2.27. The predicted molar refractivity (Wildman–Crippen MR) is 472 cm³/mol. The smallest absolute Gasteiger partial charge is 0.167 e. The van der Waals surface area contributed by atoms with Gasteiger partial charge in [-0.15, -0.1) is 22.7 Å². The molecule has 8 aromatic heterocycles. The molecule has 0 unspecified atom stereocenters. The van der Waals surface area contributed by atoms with Crippen molar-refractivity contribution in [1.29, 1.82) is 0 Å². The summed E-state index contributed by atoms with van der Waals surface area (Å²) in [5.41, 5.74) is 16.2. The van der Waals surface area contributed by atoms with Crippen molar-refractivity contribution in [3.05, 3.63) is 364 Å². The largest absolute Gasteiger partial charge is 0.455 e. The second-order valence-corrected chi connectivity index (χ2v) is 30.5. The normalized spacial score (nSPS) is 12.5. The number of nitrogens with zero attached hydrogens (tertiary/aromatic N) is 8. The van der Waals surface area contributed by atoms with Gasteiger partial charge in [0, 0.05) is 117 Å². The van der Waals surface area contributed by atoms with E-state index in [0.717, 1.165) is 110 Å². The van der Waals surface area contributed by atoms with E-state index in [1.54, 1.807) is 34.8 Å². The van der Waals surface area contributed by atoms with Crippen molar-refractivity contribution < 1.29 is 15.7 Å². The molecule has 0 fully saturated rings. The van der Waals surface area contributed by atoms with Gasteiger partial charge >= 0.3 is 0 Å².